The van der Waals surface area contributed by atoms with Gasteiger partial charge in [-0.05, 0) is 53.0 Å². The van der Waals surface area contributed by atoms with E-state index in [9.17, 15) is 0 Å². The van der Waals surface area contributed by atoms with Crippen LogP contribution in [0, 0.1) is 6.92 Å². The van der Waals surface area contributed by atoms with Gasteiger partial charge in [0.05, 0.1) is 0 Å². The van der Waals surface area contributed by atoms with Crippen LogP contribution >= 0.6 is 0 Å². The molecule has 0 aliphatic carbocycles. The quantitative estimate of drug-likeness (QED) is 0.741. The molecule has 1 atom stereocenters. The van der Waals surface area contributed by atoms with Gasteiger partial charge in [0.25, 0.3) is 0 Å². The first kappa shape index (κ1) is 13.2. The van der Waals surface area contributed by atoms with Crippen molar-refractivity contribution in [1.82, 2.24) is 10.2 Å². The molecule has 0 aliphatic rings. The van der Waals surface area contributed by atoms with E-state index in [1.807, 2.05) is 0 Å². The van der Waals surface area contributed by atoms with E-state index in [0.29, 0.717) is 6.04 Å². The van der Waals surface area contributed by atoms with Crippen LogP contribution < -0.4 is 5.32 Å². The Morgan fingerprint density at radius 3 is 2.69 bits per heavy atom. The summed E-state index contributed by atoms with van der Waals surface area (Å²) in [5.41, 5.74) is 2.71. The van der Waals surface area contributed by atoms with Crippen molar-refractivity contribution in [3.05, 3.63) is 35.4 Å². The highest BCUT2D eigenvalue weighted by atomic mass is 15.1. The van der Waals surface area contributed by atoms with Crippen molar-refractivity contribution in [3.8, 4) is 0 Å². The van der Waals surface area contributed by atoms with E-state index >= 15 is 0 Å². The van der Waals surface area contributed by atoms with Crippen molar-refractivity contribution in [2.75, 3.05) is 27.2 Å². The highest BCUT2D eigenvalue weighted by Crippen LogP contribution is 2.13. The predicted octanol–water partition coefficient (Wildman–Crippen LogP) is 2.60. The number of rotatable bonds is 6. The van der Waals surface area contributed by atoms with Crippen LogP contribution in [0.5, 0.6) is 0 Å². The summed E-state index contributed by atoms with van der Waals surface area (Å²) in [6.07, 6.45) is 1.20. The zero-order chi connectivity index (χ0) is 12.0. The maximum Gasteiger partial charge on any atom is 0.0291 e. The molecule has 2 heteroatoms. The third kappa shape index (κ3) is 4.77. The molecule has 0 amide bonds. The first-order valence-electron chi connectivity index (χ1n) is 6.04. The van der Waals surface area contributed by atoms with Crippen LogP contribution in [0.25, 0.3) is 0 Å². The van der Waals surface area contributed by atoms with Crippen molar-refractivity contribution in [2.45, 2.75) is 26.3 Å². The van der Waals surface area contributed by atoms with Crippen LogP contribution in [-0.2, 0) is 0 Å². The van der Waals surface area contributed by atoms with E-state index in [-0.39, 0.29) is 0 Å². The van der Waals surface area contributed by atoms with Crippen molar-refractivity contribution in [2.24, 2.45) is 0 Å². The zero-order valence-corrected chi connectivity index (χ0v) is 11.0. The number of nitrogens with zero attached hydrogens (tertiary/aromatic N) is 1. The van der Waals surface area contributed by atoms with E-state index in [2.05, 4.69) is 62.4 Å². The molecule has 0 fully saturated rings. The van der Waals surface area contributed by atoms with Gasteiger partial charge in [-0.25, -0.2) is 0 Å². The molecule has 0 saturated heterocycles. The second-order valence-electron chi connectivity index (χ2n) is 4.75. The normalized spacial score (nSPS) is 13.1. The number of nitrogens with one attached hydrogen (secondary N) is 1. The van der Waals surface area contributed by atoms with Crippen LogP contribution in [-0.4, -0.2) is 32.1 Å². The first-order chi connectivity index (χ1) is 7.59. The lowest BCUT2D eigenvalue weighted by Gasteiger charge is -2.16. The largest absolute Gasteiger partial charge is 0.310 e. The van der Waals surface area contributed by atoms with Gasteiger partial charge in [-0.15, -0.1) is 0 Å². The number of benzene rings is 1. The van der Waals surface area contributed by atoms with Gasteiger partial charge >= 0.3 is 0 Å². The molecular formula is C14H24N2. The number of hydrogen-bond donors (Lipinski definition) is 1. The molecular weight excluding hydrogens is 196 g/mol. The molecule has 2 nitrogen and oxygen atoms in total. The van der Waals surface area contributed by atoms with Gasteiger partial charge in [-0.3, -0.25) is 0 Å². The van der Waals surface area contributed by atoms with E-state index in [4.69, 9.17) is 0 Å². The summed E-state index contributed by atoms with van der Waals surface area (Å²) >= 11 is 0. The summed E-state index contributed by atoms with van der Waals surface area (Å²) in [6.45, 7) is 6.59. The van der Waals surface area contributed by atoms with Crippen molar-refractivity contribution in [1.29, 1.82) is 0 Å². The fourth-order valence-corrected chi connectivity index (χ4v) is 1.77. The maximum absolute atomic E-state index is 3.55. The highest BCUT2D eigenvalue weighted by molar-refractivity contribution is 5.24. The summed E-state index contributed by atoms with van der Waals surface area (Å²) in [7, 11) is 4.23. The fraction of sp³-hybridized carbons (Fsp3) is 0.571. The van der Waals surface area contributed by atoms with Gasteiger partial charge in [0.1, 0.15) is 0 Å². The lowest BCUT2D eigenvalue weighted by atomic mass is 10.1. The standard InChI is InChI=1S/C14H24N2/c1-12-7-5-8-14(11-12)13(2)15-9-6-10-16(3)4/h5,7-8,11,13,15H,6,9-10H2,1-4H3/t13-/m1/s1. The van der Waals surface area contributed by atoms with Gasteiger partial charge in [0, 0.05) is 6.04 Å². The molecule has 0 bridgehead atoms. The highest BCUT2D eigenvalue weighted by Gasteiger charge is 2.03. The monoisotopic (exact) mass is 220 g/mol. The van der Waals surface area contributed by atoms with Crippen LogP contribution in [0.1, 0.15) is 30.5 Å². The van der Waals surface area contributed by atoms with Crippen LogP contribution in [0.3, 0.4) is 0 Å². The summed E-state index contributed by atoms with van der Waals surface area (Å²) < 4.78 is 0. The summed E-state index contributed by atoms with van der Waals surface area (Å²) in [4.78, 5) is 2.22. The molecule has 1 aromatic rings. The number of hydrogen-bond acceptors (Lipinski definition) is 2. The van der Waals surface area contributed by atoms with Crippen molar-refractivity contribution >= 4 is 0 Å². The lowest BCUT2D eigenvalue weighted by Crippen LogP contribution is -2.23. The summed E-state index contributed by atoms with van der Waals surface area (Å²) in [5, 5.41) is 3.55. The van der Waals surface area contributed by atoms with Gasteiger partial charge < -0.3 is 10.2 Å². The Bertz CT molecular complexity index is 307. The van der Waals surface area contributed by atoms with Gasteiger partial charge in [-0.1, -0.05) is 29.8 Å². The minimum absolute atomic E-state index is 0.446. The van der Waals surface area contributed by atoms with E-state index in [1.54, 1.807) is 0 Å². The Kier molecular flexibility index (Phi) is 5.50. The molecule has 0 heterocycles. The van der Waals surface area contributed by atoms with Crippen molar-refractivity contribution < 1.29 is 0 Å². The Labute approximate surface area is 99.7 Å². The van der Waals surface area contributed by atoms with Crippen LogP contribution in [0.4, 0.5) is 0 Å². The van der Waals surface area contributed by atoms with E-state index in [0.717, 1.165) is 13.1 Å². The Morgan fingerprint density at radius 1 is 1.31 bits per heavy atom. The Morgan fingerprint density at radius 2 is 2.06 bits per heavy atom. The Hall–Kier alpha value is -0.860. The summed E-state index contributed by atoms with van der Waals surface area (Å²) in [6, 6.07) is 9.16. The molecule has 1 N–H and O–H groups in total. The second kappa shape index (κ2) is 6.66. The van der Waals surface area contributed by atoms with E-state index in [1.165, 1.54) is 17.5 Å². The SMILES string of the molecule is Cc1cccc([C@@H](C)NCCCN(C)C)c1. The van der Waals surface area contributed by atoms with Gasteiger partial charge in [0.2, 0.25) is 0 Å². The molecule has 90 valence electrons. The van der Waals surface area contributed by atoms with Crippen LogP contribution in [0.2, 0.25) is 0 Å². The van der Waals surface area contributed by atoms with Crippen LogP contribution in [0.15, 0.2) is 24.3 Å². The third-order valence-corrected chi connectivity index (χ3v) is 2.77. The topological polar surface area (TPSA) is 15.3 Å². The molecule has 0 radical (unpaired) electrons. The smallest absolute Gasteiger partial charge is 0.0291 e. The van der Waals surface area contributed by atoms with Gasteiger partial charge in [0.15, 0.2) is 0 Å². The average molecular weight is 220 g/mol. The molecule has 0 aliphatic heterocycles. The molecule has 1 rings (SSSR count). The van der Waals surface area contributed by atoms with Gasteiger partial charge in [-0.2, -0.15) is 0 Å². The number of aryl methyl sites for hydroxylation is 1. The minimum Gasteiger partial charge on any atom is -0.310 e. The molecule has 0 spiro atoms. The third-order valence-electron chi connectivity index (χ3n) is 2.77. The molecule has 0 aromatic heterocycles. The molecule has 0 saturated carbocycles. The Balaban J connectivity index is 2.32. The van der Waals surface area contributed by atoms with Crippen molar-refractivity contribution in [3.63, 3.8) is 0 Å². The first-order valence-corrected chi connectivity index (χ1v) is 6.04. The minimum atomic E-state index is 0.446. The zero-order valence-electron chi connectivity index (χ0n) is 11.0. The second-order valence-corrected chi connectivity index (χ2v) is 4.75. The van der Waals surface area contributed by atoms with E-state index < -0.39 is 0 Å². The lowest BCUT2D eigenvalue weighted by molar-refractivity contribution is 0.389. The molecule has 16 heavy (non-hydrogen) atoms. The average Bonchev–Trinajstić information content (AvgIpc) is 2.24. The summed E-state index contributed by atoms with van der Waals surface area (Å²) in [5.74, 6) is 0. The molecule has 1 aromatic carbocycles. The maximum atomic E-state index is 3.55. The predicted molar refractivity (Wildman–Crippen MR) is 70.8 cm³/mol. The molecule has 0 unspecified atom stereocenters. The fourth-order valence-electron chi connectivity index (χ4n) is 1.77.